The van der Waals surface area contributed by atoms with Crippen LogP contribution >= 0.6 is 11.8 Å². The van der Waals surface area contributed by atoms with E-state index in [-0.39, 0.29) is 0 Å². The van der Waals surface area contributed by atoms with Crippen LogP contribution in [0.1, 0.15) is 124 Å². The highest BCUT2D eigenvalue weighted by Gasteiger charge is 2.65. The van der Waals surface area contributed by atoms with E-state index in [1.165, 1.54) is 6.42 Å². The number of rotatable bonds is 3. The highest BCUT2D eigenvalue weighted by Crippen LogP contribution is 2.72. The Morgan fingerprint density at radius 2 is 1.15 bits per heavy atom. The molecule has 1 aliphatic heterocycles. The Morgan fingerprint density at radius 1 is 0.500 bits per heavy atom. The largest absolute Gasteiger partial charge is 0.154 e. The lowest BCUT2D eigenvalue weighted by Crippen LogP contribution is -2.50. The van der Waals surface area contributed by atoms with Crippen molar-refractivity contribution in [2.45, 2.75) is 158 Å². The minimum atomic E-state index is -1.45. The van der Waals surface area contributed by atoms with Crippen LogP contribution in [0.4, 0.5) is 0 Å². The molecule has 0 N–H and O–H groups in total. The third kappa shape index (κ3) is 4.15. The minimum absolute atomic E-state index is 0.966. The quantitative estimate of drug-likeness (QED) is 0.299. The molecule has 0 bridgehead atoms. The molecule has 1 heterocycles. The van der Waals surface area contributed by atoms with Crippen molar-refractivity contribution in [1.29, 1.82) is 0 Å². The molecule has 7 saturated carbocycles. The summed E-state index contributed by atoms with van der Waals surface area (Å²) in [6, 6.07) is 0. The summed E-state index contributed by atoms with van der Waals surface area (Å²) in [4.78, 5) is 0. The lowest BCUT2D eigenvalue weighted by Gasteiger charge is -2.54. The molecule has 40 heavy (non-hydrogen) atoms. The molecule has 17 atom stereocenters. The van der Waals surface area contributed by atoms with Crippen LogP contribution in [0.3, 0.4) is 0 Å². The van der Waals surface area contributed by atoms with Crippen LogP contribution in [-0.2, 0) is 0 Å². The van der Waals surface area contributed by atoms with Gasteiger partial charge in [-0.2, -0.15) is 11.8 Å². The van der Waals surface area contributed by atoms with E-state index < -0.39 is 8.07 Å². The maximum absolute atomic E-state index is 3.00. The van der Waals surface area contributed by atoms with Crippen molar-refractivity contribution in [3.63, 3.8) is 0 Å². The molecular formula is C38H64SSi. The fraction of sp³-hybridized carbons (Fsp3) is 1.00. The van der Waals surface area contributed by atoms with Crippen LogP contribution in [0.5, 0.6) is 0 Å². The van der Waals surface area contributed by atoms with E-state index in [2.05, 4.69) is 45.6 Å². The fourth-order valence-corrected chi connectivity index (χ4v) is 24.8. The van der Waals surface area contributed by atoms with Gasteiger partial charge in [0.05, 0.1) is 8.07 Å². The zero-order valence-electron chi connectivity index (χ0n) is 27.0. The molecular weight excluding hydrogens is 517 g/mol. The molecule has 0 aromatic heterocycles. The Balaban J connectivity index is 1.12. The average Bonchev–Trinajstić information content (AvgIpc) is 3.70. The second-order valence-corrected chi connectivity index (χ2v) is 24.7. The Hall–Kier alpha value is 0.567. The van der Waals surface area contributed by atoms with Crippen LogP contribution in [0.2, 0.25) is 24.2 Å². The Labute approximate surface area is 254 Å². The summed E-state index contributed by atoms with van der Waals surface area (Å²) in [7, 11) is -1.45. The van der Waals surface area contributed by atoms with Gasteiger partial charge in [0.25, 0.3) is 0 Å². The molecule has 226 valence electrons. The molecule has 7 aliphatic carbocycles. The third-order valence-electron chi connectivity index (χ3n) is 16.7. The lowest BCUT2D eigenvalue weighted by molar-refractivity contribution is -0.0347. The van der Waals surface area contributed by atoms with Crippen molar-refractivity contribution in [3.05, 3.63) is 0 Å². The van der Waals surface area contributed by atoms with Crippen LogP contribution in [0.15, 0.2) is 0 Å². The van der Waals surface area contributed by atoms with E-state index in [0.29, 0.717) is 0 Å². The molecule has 0 nitrogen and oxygen atoms in total. The van der Waals surface area contributed by atoms with Crippen LogP contribution in [-0.4, -0.2) is 18.6 Å². The van der Waals surface area contributed by atoms with Gasteiger partial charge < -0.3 is 0 Å². The summed E-state index contributed by atoms with van der Waals surface area (Å²) >= 11 is 2.53. The maximum Gasteiger partial charge on any atom is 0.0547 e. The number of hydrogen-bond acceptors (Lipinski definition) is 1. The Kier molecular flexibility index (Phi) is 7.43. The molecule has 0 aromatic rings. The second-order valence-electron chi connectivity index (χ2n) is 18.3. The lowest BCUT2D eigenvalue weighted by atomic mass is 9.53. The molecule has 0 radical (unpaired) electrons. The highest BCUT2D eigenvalue weighted by molar-refractivity contribution is 8.00. The fourth-order valence-electron chi connectivity index (χ4n) is 15.7. The predicted octanol–water partition coefficient (Wildman–Crippen LogP) is 11.3. The summed E-state index contributed by atoms with van der Waals surface area (Å²) in [6.45, 7) is 14.3. The van der Waals surface area contributed by atoms with Gasteiger partial charge in [-0.05, 0) is 133 Å². The zero-order valence-corrected chi connectivity index (χ0v) is 28.9. The third-order valence-corrected chi connectivity index (χ3v) is 24.0. The summed E-state index contributed by atoms with van der Waals surface area (Å²) in [5, 5.41) is 2.05. The topological polar surface area (TPSA) is 0 Å². The highest BCUT2D eigenvalue weighted by atomic mass is 32.2. The molecule has 1 saturated heterocycles. The zero-order chi connectivity index (χ0) is 27.3. The van der Waals surface area contributed by atoms with Crippen molar-refractivity contribution < 1.29 is 0 Å². The summed E-state index contributed by atoms with van der Waals surface area (Å²) in [6.07, 6.45) is 25.4. The Morgan fingerprint density at radius 3 is 1.98 bits per heavy atom. The first kappa shape index (κ1) is 28.1. The van der Waals surface area contributed by atoms with Gasteiger partial charge in [0.15, 0.2) is 0 Å². The second kappa shape index (κ2) is 10.6. The van der Waals surface area contributed by atoms with E-state index in [4.69, 9.17) is 0 Å². The van der Waals surface area contributed by atoms with Crippen LogP contribution in [0, 0.1) is 76.9 Å². The van der Waals surface area contributed by atoms with Gasteiger partial charge in [0.1, 0.15) is 0 Å². The van der Waals surface area contributed by atoms with E-state index >= 15 is 0 Å². The van der Waals surface area contributed by atoms with E-state index in [9.17, 15) is 0 Å². The van der Waals surface area contributed by atoms with Gasteiger partial charge in [-0.15, -0.1) is 0 Å². The molecule has 0 spiro atoms. The van der Waals surface area contributed by atoms with Gasteiger partial charge in [-0.1, -0.05) is 91.7 Å². The molecule has 17 unspecified atom stereocenters. The summed E-state index contributed by atoms with van der Waals surface area (Å²) < 4.78 is 0. The van der Waals surface area contributed by atoms with E-state index in [1.54, 1.807) is 96.3 Å². The van der Waals surface area contributed by atoms with Crippen molar-refractivity contribution in [1.82, 2.24) is 0 Å². The minimum Gasteiger partial charge on any atom is -0.154 e. The Bertz CT molecular complexity index is 924. The average molecular weight is 581 g/mol. The van der Waals surface area contributed by atoms with Crippen molar-refractivity contribution in [3.8, 4) is 0 Å². The van der Waals surface area contributed by atoms with Crippen molar-refractivity contribution in [2.75, 3.05) is 0 Å². The molecule has 8 fully saturated rings. The first-order valence-corrected chi connectivity index (χ1v) is 23.1. The van der Waals surface area contributed by atoms with Crippen LogP contribution in [0.25, 0.3) is 0 Å². The number of fused-ring (bicyclic) bond motifs is 6. The van der Waals surface area contributed by atoms with Crippen molar-refractivity contribution >= 4 is 19.8 Å². The molecule has 0 aromatic carbocycles. The van der Waals surface area contributed by atoms with Gasteiger partial charge in [-0.3, -0.25) is 0 Å². The first-order valence-electron chi connectivity index (χ1n) is 19.0. The van der Waals surface area contributed by atoms with Gasteiger partial charge >= 0.3 is 0 Å². The summed E-state index contributed by atoms with van der Waals surface area (Å²) in [5.41, 5.74) is 2.23. The predicted molar refractivity (Wildman–Crippen MR) is 176 cm³/mol. The van der Waals surface area contributed by atoms with Gasteiger partial charge in [0, 0.05) is 10.5 Å². The smallest absolute Gasteiger partial charge is 0.0547 e. The first-order chi connectivity index (χ1) is 19.4. The molecule has 2 heteroatoms. The monoisotopic (exact) mass is 580 g/mol. The number of thioether (sulfide) groups is 1. The van der Waals surface area contributed by atoms with Gasteiger partial charge in [-0.25, -0.2) is 0 Å². The van der Waals surface area contributed by atoms with Gasteiger partial charge in [0.2, 0.25) is 0 Å². The maximum atomic E-state index is 3.00. The molecule has 8 aliphatic rings. The number of hydrogen-bond donors (Lipinski definition) is 0. The molecule has 0 amide bonds. The van der Waals surface area contributed by atoms with Crippen LogP contribution < -0.4 is 0 Å². The summed E-state index contributed by atoms with van der Waals surface area (Å²) in [5.74, 6) is 14.1. The SMILES string of the molecule is CC1CC2C(CC3CCCC3C2C2CCCC3CCCCC32)C1[Si](C)(C)C1C(C)C(C)C2SC3CCCCC3C21. The normalized spacial score (nSPS) is 57.7. The van der Waals surface area contributed by atoms with Crippen molar-refractivity contribution in [2.24, 2.45) is 76.9 Å². The molecule has 8 rings (SSSR count). The van der Waals surface area contributed by atoms with E-state index in [0.717, 1.165) is 98.5 Å². The van der Waals surface area contributed by atoms with E-state index in [1.807, 2.05) is 0 Å². The standard InChI is InChI=1S/C38H64SSi/c1-22-20-31-32(21-26-14-11-17-28(26)34(31)29-18-10-13-25-12-6-7-15-27(25)29)37(22)40(4,5)38-24(3)23(2)36-35(38)30-16-8-9-19-33(30)39-36/h22-38H,6-21H2,1-5H3.